The van der Waals surface area contributed by atoms with Crippen LogP contribution in [0, 0.1) is 0 Å². The van der Waals surface area contributed by atoms with Gasteiger partial charge in [-0.2, -0.15) is 0 Å². The third-order valence-electron chi connectivity index (χ3n) is 0.135. The number of rotatable bonds is 2. The molecule has 0 aromatic carbocycles. The third-order valence-corrected chi connectivity index (χ3v) is 0.558. The summed E-state index contributed by atoms with van der Waals surface area (Å²) in [5.41, 5.74) is 0. The molecular weight excluding hydrogens is 127 g/mol. The van der Waals surface area contributed by atoms with Gasteiger partial charge in [-0.25, -0.2) is 0 Å². The Balaban J connectivity index is 3.07. The minimum absolute atomic E-state index is 1.14. The van der Waals surface area contributed by atoms with Gasteiger partial charge < -0.3 is 0 Å². The Bertz CT molecular complexity index is 75.5. The van der Waals surface area contributed by atoms with Crippen molar-refractivity contribution in [2.45, 2.75) is 0 Å². The SMILES string of the molecule is CO[O][V](=[O])=[O]. The summed E-state index contributed by atoms with van der Waals surface area (Å²) >= 11 is -3.45. The van der Waals surface area contributed by atoms with E-state index in [1.54, 1.807) is 0 Å². The van der Waals surface area contributed by atoms with E-state index >= 15 is 0 Å². The van der Waals surface area contributed by atoms with Crippen LogP contribution in [0.4, 0.5) is 0 Å². The molecule has 0 spiro atoms. The molecule has 5 heteroatoms. The number of hydrogen-bond acceptors (Lipinski definition) is 4. The standard InChI is InChI=1S/CH4O2.2O.V/c1-3-2;;;/h2H,1H3;;;/q;;;+1/p-1. The summed E-state index contributed by atoms with van der Waals surface area (Å²) in [6.07, 6.45) is 0. The van der Waals surface area contributed by atoms with Crippen LogP contribution in [0.2, 0.25) is 0 Å². The Labute approximate surface area is 39.3 Å². The first-order chi connectivity index (χ1) is 2.77. The van der Waals surface area contributed by atoms with E-state index in [0.29, 0.717) is 0 Å². The monoisotopic (exact) mass is 130 g/mol. The van der Waals surface area contributed by atoms with E-state index < -0.39 is 15.4 Å². The molecule has 36 valence electrons. The fourth-order valence-corrected chi connectivity index (χ4v) is 0.251. The summed E-state index contributed by atoms with van der Waals surface area (Å²) in [6.45, 7) is 0. The van der Waals surface area contributed by atoms with Crippen molar-refractivity contribution in [1.82, 2.24) is 0 Å². The molecule has 0 aliphatic heterocycles. The molecule has 0 amide bonds. The van der Waals surface area contributed by atoms with Crippen molar-refractivity contribution in [3.8, 4) is 0 Å². The molecule has 0 fully saturated rings. The van der Waals surface area contributed by atoms with Gasteiger partial charge in [0.15, 0.2) is 0 Å². The van der Waals surface area contributed by atoms with Crippen LogP contribution >= 0.6 is 0 Å². The first kappa shape index (κ1) is 6.10. The minimum atomic E-state index is -3.45. The summed E-state index contributed by atoms with van der Waals surface area (Å²) < 4.78 is 22.3. The molecule has 4 nitrogen and oxygen atoms in total. The summed E-state index contributed by atoms with van der Waals surface area (Å²) in [6, 6.07) is 0. The first-order valence-corrected chi connectivity index (χ1v) is 2.83. The third kappa shape index (κ3) is 4.10. The van der Waals surface area contributed by atoms with Crippen molar-refractivity contribution in [3.63, 3.8) is 0 Å². The summed E-state index contributed by atoms with van der Waals surface area (Å²) in [5, 5.41) is 0. The Morgan fingerprint density at radius 3 is 2.00 bits per heavy atom. The second kappa shape index (κ2) is 3.30. The number of hydrogen-bond donors (Lipinski definition) is 0. The molecule has 0 aliphatic carbocycles. The van der Waals surface area contributed by atoms with Gasteiger partial charge in [0.05, 0.1) is 0 Å². The first-order valence-electron chi connectivity index (χ1n) is 1.12. The van der Waals surface area contributed by atoms with Crippen molar-refractivity contribution in [3.05, 3.63) is 0 Å². The Morgan fingerprint density at radius 1 is 1.50 bits per heavy atom. The topological polar surface area (TPSA) is 52.6 Å². The van der Waals surface area contributed by atoms with Crippen LogP contribution in [0.15, 0.2) is 0 Å². The van der Waals surface area contributed by atoms with Gasteiger partial charge >= 0.3 is 38.6 Å². The summed E-state index contributed by atoms with van der Waals surface area (Å²) in [7, 11) is 1.14. The average Bonchev–Trinajstić information content (AvgIpc) is 1.35. The molecule has 0 saturated heterocycles. The molecule has 0 bridgehead atoms. The molecule has 0 atom stereocenters. The molecule has 0 unspecified atom stereocenters. The zero-order valence-corrected chi connectivity index (χ0v) is 4.48. The van der Waals surface area contributed by atoms with Crippen molar-refractivity contribution >= 4 is 0 Å². The molecule has 6 heavy (non-hydrogen) atoms. The molecular formula is CH3O4V. The van der Waals surface area contributed by atoms with Gasteiger partial charge in [0, 0.05) is 0 Å². The van der Waals surface area contributed by atoms with Gasteiger partial charge in [-0.05, 0) is 0 Å². The Kier molecular flexibility index (Phi) is 3.36. The fraction of sp³-hybridized carbons (Fsp3) is 1.00. The van der Waals surface area contributed by atoms with E-state index in [0.717, 1.165) is 7.11 Å². The van der Waals surface area contributed by atoms with Crippen molar-refractivity contribution in [1.29, 1.82) is 0 Å². The Morgan fingerprint density at radius 2 is 2.00 bits per heavy atom. The summed E-state index contributed by atoms with van der Waals surface area (Å²) in [4.78, 5) is 3.74. The van der Waals surface area contributed by atoms with Crippen molar-refractivity contribution in [2.24, 2.45) is 0 Å². The maximum absolute atomic E-state index is 9.37. The average molecular weight is 130 g/mol. The maximum atomic E-state index is 9.37. The molecule has 0 aliphatic rings. The van der Waals surface area contributed by atoms with Gasteiger partial charge in [-0.3, -0.25) is 0 Å². The molecule has 0 N–H and O–H groups in total. The van der Waals surface area contributed by atoms with Crippen LogP contribution in [-0.4, -0.2) is 7.11 Å². The molecule has 0 aromatic rings. The molecule has 0 saturated carbocycles. The fourth-order valence-electron chi connectivity index (χ4n) is 0.0609. The van der Waals surface area contributed by atoms with E-state index in [9.17, 15) is 7.35 Å². The zero-order chi connectivity index (χ0) is 4.99. The van der Waals surface area contributed by atoms with Gasteiger partial charge in [0.1, 0.15) is 0 Å². The van der Waals surface area contributed by atoms with Crippen LogP contribution in [0.5, 0.6) is 0 Å². The van der Waals surface area contributed by atoms with Gasteiger partial charge in [0.2, 0.25) is 0 Å². The quantitative estimate of drug-likeness (QED) is 0.383. The van der Waals surface area contributed by atoms with E-state index in [-0.39, 0.29) is 0 Å². The van der Waals surface area contributed by atoms with Crippen LogP contribution in [-0.2, 0) is 31.4 Å². The van der Waals surface area contributed by atoms with E-state index in [4.69, 9.17) is 0 Å². The second-order valence-corrected chi connectivity index (χ2v) is 1.40. The molecule has 0 aromatic heterocycles. The zero-order valence-electron chi connectivity index (χ0n) is 3.08. The van der Waals surface area contributed by atoms with E-state index in [1.807, 2.05) is 0 Å². The molecule has 0 rings (SSSR count). The molecule has 0 heterocycles. The van der Waals surface area contributed by atoms with Crippen LogP contribution in [0.25, 0.3) is 0 Å². The summed E-state index contributed by atoms with van der Waals surface area (Å²) in [5.74, 6) is 0. The van der Waals surface area contributed by atoms with E-state index in [1.165, 1.54) is 0 Å². The van der Waals surface area contributed by atoms with Crippen LogP contribution in [0.3, 0.4) is 0 Å². The van der Waals surface area contributed by atoms with Crippen molar-refractivity contribution in [2.75, 3.05) is 7.11 Å². The van der Waals surface area contributed by atoms with Gasteiger partial charge in [-0.15, -0.1) is 0 Å². The van der Waals surface area contributed by atoms with Crippen molar-refractivity contribution < 1.29 is 31.4 Å². The van der Waals surface area contributed by atoms with E-state index in [2.05, 4.69) is 8.70 Å². The normalized spacial score (nSPS) is 8.17. The predicted octanol–water partition coefficient (Wildman–Crippen LogP) is -0.211. The van der Waals surface area contributed by atoms with Crippen LogP contribution < -0.4 is 0 Å². The Hall–Kier alpha value is 0.104. The second-order valence-electron chi connectivity index (χ2n) is 0.465. The van der Waals surface area contributed by atoms with Gasteiger partial charge in [0.25, 0.3) is 0 Å². The van der Waals surface area contributed by atoms with Crippen LogP contribution in [0.1, 0.15) is 0 Å². The van der Waals surface area contributed by atoms with Gasteiger partial charge in [-0.1, -0.05) is 0 Å². The predicted molar refractivity (Wildman–Crippen MR) is 9.47 cm³/mol. The molecule has 0 radical (unpaired) electrons.